The molecule has 0 aromatic carbocycles. The molecule has 5 heteroatoms. The van der Waals surface area contributed by atoms with Crippen molar-refractivity contribution in [2.24, 2.45) is 5.92 Å². The third kappa shape index (κ3) is 2.96. The van der Waals surface area contributed by atoms with E-state index in [1.54, 1.807) is 20.8 Å². The highest BCUT2D eigenvalue weighted by atomic mass is 16.6. The van der Waals surface area contributed by atoms with Crippen molar-refractivity contribution >= 4 is 11.9 Å². The van der Waals surface area contributed by atoms with Gasteiger partial charge in [-0.25, -0.2) is 4.79 Å². The average molecular weight is 238 g/mol. The highest BCUT2D eigenvalue weighted by Gasteiger charge is 2.43. The van der Waals surface area contributed by atoms with Gasteiger partial charge in [0.2, 0.25) is 0 Å². The van der Waals surface area contributed by atoms with Crippen LogP contribution in [0.25, 0.3) is 0 Å². The molecule has 17 heavy (non-hydrogen) atoms. The summed E-state index contributed by atoms with van der Waals surface area (Å²) in [6, 6.07) is 1.41. The molecule has 2 atom stereocenters. The van der Waals surface area contributed by atoms with Crippen molar-refractivity contribution in [1.29, 1.82) is 5.26 Å². The number of Topliss-reactive ketones (excluding diaryl/α,β-unsaturated/α-hetero) is 1. The number of carbonyl (C=O) groups excluding carboxylic acids is 2. The fourth-order valence-electron chi connectivity index (χ4n) is 1.85. The minimum Gasteiger partial charge on any atom is -0.444 e. The van der Waals surface area contributed by atoms with E-state index in [1.807, 2.05) is 13.0 Å². The molecule has 94 valence electrons. The van der Waals surface area contributed by atoms with E-state index in [2.05, 4.69) is 0 Å². The molecule has 1 heterocycles. The number of ketones is 1. The molecule has 0 N–H and O–H groups in total. The van der Waals surface area contributed by atoms with Crippen LogP contribution in [0.2, 0.25) is 0 Å². The van der Waals surface area contributed by atoms with Crippen LogP contribution in [0.1, 0.15) is 34.1 Å². The Labute approximate surface area is 101 Å². The van der Waals surface area contributed by atoms with Crippen molar-refractivity contribution in [3.05, 3.63) is 0 Å². The summed E-state index contributed by atoms with van der Waals surface area (Å²) in [5.74, 6) is -0.895. The van der Waals surface area contributed by atoms with Crippen LogP contribution in [0.15, 0.2) is 0 Å². The first-order valence-electron chi connectivity index (χ1n) is 5.73. The summed E-state index contributed by atoms with van der Waals surface area (Å²) in [5, 5.41) is 8.83. The molecule has 1 aliphatic rings. The zero-order valence-electron chi connectivity index (χ0n) is 10.7. The third-order valence-corrected chi connectivity index (χ3v) is 2.60. The summed E-state index contributed by atoms with van der Waals surface area (Å²) < 4.78 is 5.22. The van der Waals surface area contributed by atoms with Gasteiger partial charge in [0.15, 0.2) is 5.78 Å². The van der Waals surface area contributed by atoms with Gasteiger partial charge >= 0.3 is 6.09 Å². The van der Waals surface area contributed by atoms with Gasteiger partial charge in [-0.05, 0) is 27.2 Å². The number of nitrogens with zero attached hydrogens (tertiary/aromatic N) is 2. The van der Waals surface area contributed by atoms with Crippen LogP contribution < -0.4 is 0 Å². The van der Waals surface area contributed by atoms with Crippen molar-refractivity contribution in [3.8, 4) is 6.07 Å². The summed E-state index contributed by atoms with van der Waals surface area (Å²) in [5.41, 5.74) is -0.594. The Morgan fingerprint density at radius 3 is 2.59 bits per heavy atom. The van der Waals surface area contributed by atoms with Crippen molar-refractivity contribution in [2.45, 2.75) is 45.8 Å². The van der Waals surface area contributed by atoms with Crippen molar-refractivity contribution < 1.29 is 14.3 Å². The molecule has 1 aliphatic heterocycles. The van der Waals surface area contributed by atoms with Gasteiger partial charge in [0.25, 0.3) is 0 Å². The highest BCUT2D eigenvalue weighted by molar-refractivity contribution is 5.94. The molecule has 0 aromatic rings. The summed E-state index contributed by atoms with van der Waals surface area (Å²) in [7, 11) is 0. The number of nitriles is 1. The summed E-state index contributed by atoms with van der Waals surface area (Å²) in [6.45, 7) is 7.27. The maximum atomic E-state index is 11.9. The third-order valence-electron chi connectivity index (χ3n) is 2.60. The van der Waals surface area contributed by atoms with E-state index in [0.717, 1.165) is 0 Å². The second-order valence-corrected chi connectivity index (χ2v) is 5.14. The summed E-state index contributed by atoms with van der Waals surface area (Å²) >= 11 is 0. The maximum absolute atomic E-state index is 11.9. The molecule has 5 nitrogen and oxygen atoms in total. The SMILES string of the molecule is CC[C@H]1C(=O)[C@@H](C#N)CN1C(=O)OC(C)(C)C. The number of likely N-dealkylation sites (tertiary alicyclic amines) is 1. The van der Waals surface area contributed by atoms with Gasteiger partial charge in [0.05, 0.1) is 12.1 Å². The van der Waals surface area contributed by atoms with E-state index in [1.165, 1.54) is 4.90 Å². The van der Waals surface area contributed by atoms with Gasteiger partial charge in [-0.2, -0.15) is 5.26 Å². The van der Waals surface area contributed by atoms with Gasteiger partial charge in [0.1, 0.15) is 11.5 Å². The lowest BCUT2D eigenvalue weighted by Gasteiger charge is -2.27. The monoisotopic (exact) mass is 238 g/mol. The molecule has 0 bridgehead atoms. The van der Waals surface area contributed by atoms with E-state index in [0.29, 0.717) is 6.42 Å². The highest BCUT2D eigenvalue weighted by Crippen LogP contribution is 2.23. The first-order chi connectivity index (χ1) is 7.80. The van der Waals surface area contributed by atoms with Crippen LogP contribution in [0.3, 0.4) is 0 Å². The first-order valence-corrected chi connectivity index (χ1v) is 5.73. The van der Waals surface area contributed by atoms with Gasteiger partial charge in [0, 0.05) is 6.54 Å². The first kappa shape index (κ1) is 13.5. The Morgan fingerprint density at radius 2 is 2.18 bits per heavy atom. The van der Waals surface area contributed by atoms with E-state index in [-0.39, 0.29) is 12.3 Å². The van der Waals surface area contributed by atoms with Gasteiger partial charge < -0.3 is 4.74 Å². The lowest BCUT2D eigenvalue weighted by Crippen LogP contribution is -2.41. The average Bonchev–Trinajstić information content (AvgIpc) is 2.52. The second kappa shape index (κ2) is 4.74. The number of carbonyl (C=O) groups is 2. The molecule has 1 saturated heterocycles. The van der Waals surface area contributed by atoms with Crippen LogP contribution in [0.4, 0.5) is 4.79 Å². The molecule has 1 rings (SSSR count). The number of ether oxygens (including phenoxy) is 1. The zero-order valence-corrected chi connectivity index (χ0v) is 10.7. The minimum absolute atomic E-state index is 0.142. The Bertz CT molecular complexity index is 365. The lowest BCUT2D eigenvalue weighted by atomic mass is 10.0. The molecule has 0 aromatic heterocycles. The number of amides is 1. The van der Waals surface area contributed by atoms with Crippen LogP contribution >= 0.6 is 0 Å². The quantitative estimate of drug-likeness (QED) is 0.697. The second-order valence-electron chi connectivity index (χ2n) is 5.14. The van der Waals surface area contributed by atoms with Crippen LogP contribution in [0, 0.1) is 17.2 Å². The molecular weight excluding hydrogens is 220 g/mol. The summed E-state index contributed by atoms with van der Waals surface area (Å²) in [6.07, 6.45) is -0.00793. The van der Waals surface area contributed by atoms with Crippen molar-refractivity contribution in [1.82, 2.24) is 4.90 Å². The number of hydrogen-bond acceptors (Lipinski definition) is 4. The molecular formula is C12H18N2O3. The Kier molecular flexibility index (Phi) is 3.76. The standard InChI is InChI=1S/C12H18N2O3/c1-5-9-10(15)8(6-13)7-14(9)11(16)17-12(2,3)4/h8-9H,5,7H2,1-4H3/t8-,9-/m0/s1. The van der Waals surface area contributed by atoms with E-state index >= 15 is 0 Å². The predicted molar refractivity (Wildman–Crippen MR) is 61.1 cm³/mol. The van der Waals surface area contributed by atoms with Crippen molar-refractivity contribution in [3.63, 3.8) is 0 Å². The summed E-state index contributed by atoms with van der Waals surface area (Å²) in [4.78, 5) is 25.0. The predicted octanol–water partition coefficient (Wildman–Crippen LogP) is 1.72. The van der Waals surface area contributed by atoms with E-state index in [4.69, 9.17) is 10.00 Å². The fourth-order valence-corrected chi connectivity index (χ4v) is 1.85. The maximum Gasteiger partial charge on any atom is 0.410 e. The van der Waals surface area contributed by atoms with E-state index < -0.39 is 23.7 Å². The van der Waals surface area contributed by atoms with Crippen molar-refractivity contribution in [2.75, 3.05) is 6.54 Å². The smallest absolute Gasteiger partial charge is 0.410 e. The molecule has 0 radical (unpaired) electrons. The van der Waals surface area contributed by atoms with Gasteiger partial charge in [-0.3, -0.25) is 9.69 Å². The normalized spacial score (nSPS) is 24.6. The lowest BCUT2D eigenvalue weighted by molar-refractivity contribution is -0.121. The van der Waals surface area contributed by atoms with E-state index in [9.17, 15) is 9.59 Å². The zero-order chi connectivity index (χ0) is 13.2. The van der Waals surface area contributed by atoms with Crippen LogP contribution in [-0.4, -0.2) is 35.0 Å². The molecule has 0 spiro atoms. The van der Waals surface area contributed by atoms with Gasteiger partial charge in [-0.1, -0.05) is 6.92 Å². The van der Waals surface area contributed by atoms with Crippen LogP contribution in [0.5, 0.6) is 0 Å². The topological polar surface area (TPSA) is 70.4 Å². The largest absolute Gasteiger partial charge is 0.444 e. The molecule has 0 aliphatic carbocycles. The fraction of sp³-hybridized carbons (Fsp3) is 0.750. The van der Waals surface area contributed by atoms with Crippen LogP contribution in [-0.2, 0) is 9.53 Å². The number of hydrogen-bond donors (Lipinski definition) is 0. The molecule has 1 amide bonds. The Hall–Kier alpha value is -1.57. The molecule has 0 saturated carbocycles. The minimum atomic E-state index is -0.715. The Morgan fingerprint density at radius 1 is 1.59 bits per heavy atom. The molecule has 1 fully saturated rings. The molecule has 0 unspecified atom stereocenters. The van der Waals surface area contributed by atoms with Gasteiger partial charge in [-0.15, -0.1) is 0 Å². The number of rotatable bonds is 1. The Balaban J connectivity index is 2.81.